The number of aromatic nitrogens is 1. The highest BCUT2D eigenvalue weighted by atomic mass is 127. The van der Waals surface area contributed by atoms with Gasteiger partial charge in [-0.25, -0.2) is 4.98 Å². The summed E-state index contributed by atoms with van der Waals surface area (Å²) in [6, 6.07) is 4.42. The van der Waals surface area contributed by atoms with E-state index in [1.54, 1.807) is 0 Å². The first-order chi connectivity index (χ1) is 12.3. The highest BCUT2D eigenvalue weighted by Gasteiger charge is 2.41. The number of guanidine groups is 1. The Morgan fingerprint density at radius 3 is 2.85 bits per heavy atom. The number of hydrogen-bond donors (Lipinski definition) is 2. The lowest BCUT2D eigenvalue weighted by atomic mass is 9.96. The number of pyridine rings is 1. The van der Waals surface area contributed by atoms with Crippen LogP contribution in [0.2, 0.25) is 0 Å². The maximum Gasteiger partial charge on any atom is 0.213 e. The molecule has 3 heterocycles. The number of hydrogen-bond acceptors (Lipinski definition) is 4. The molecule has 7 heteroatoms. The molecule has 4 rings (SSSR count). The Morgan fingerprint density at radius 2 is 2.15 bits per heavy atom. The molecule has 0 spiro atoms. The third-order valence-corrected chi connectivity index (χ3v) is 5.50. The first kappa shape index (κ1) is 19.7. The summed E-state index contributed by atoms with van der Waals surface area (Å²) in [4.78, 5) is 8.69. The molecule has 0 radical (unpaired) electrons. The van der Waals surface area contributed by atoms with Crippen molar-refractivity contribution in [1.82, 2.24) is 15.6 Å². The van der Waals surface area contributed by atoms with Gasteiger partial charge in [-0.2, -0.15) is 0 Å². The van der Waals surface area contributed by atoms with E-state index < -0.39 is 0 Å². The summed E-state index contributed by atoms with van der Waals surface area (Å²) in [6.45, 7) is 0.699. The Hall–Kier alpha value is -1.09. The number of rotatable bonds is 5. The van der Waals surface area contributed by atoms with Crippen LogP contribution in [0.25, 0.3) is 0 Å². The lowest BCUT2D eigenvalue weighted by molar-refractivity contribution is 0.0992. The van der Waals surface area contributed by atoms with Gasteiger partial charge in [0.15, 0.2) is 5.96 Å². The molecule has 2 aliphatic heterocycles. The molecule has 144 valence electrons. The molecule has 26 heavy (non-hydrogen) atoms. The third-order valence-electron chi connectivity index (χ3n) is 5.50. The van der Waals surface area contributed by atoms with Crippen LogP contribution in [0.4, 0.5) is 0 Å². The molecule has 0 aromatic carbocycles. The van der Waals surface area contributed by atoms with Crippen LogP contribution in [0.5, 0.6) is 5.88 Å². The molecule has 1 aromatic rings. The zero-order valence-electron chi connectivity index (χ0n) is 15.3. The second-order valence-corrected chi connectivity index (χ2v) is 7.31. The van der Waals surface area contributed by atoms with E-state index in [4.69, 9.17) is 9.47 Å². The van der Waals surface area contributed by atoms with Crippen molar-refractivity contribution in [3.63, 3.8) is 0 Å². The van der Waals surface area contributed by atoms with Gasteiger partial charge in [0, 0.05) is 25.9 Å². The number of nitrogens with zero attached hydrogens (tertiary/aromatic N) is 2. The number of fused-ring (bicyclic) bond motifs is 2. The van der Waals surface area contributed by atoms with Gasteiger partial charge in [-0.3, -0.25) is 4.99 Å². The van der Waals surface area contributed by atoms with E-state index in [9.17, 15) is 0 Å². The molecule has 1 saturated carbocycles. The fourth-order valence-electron chi connectivity index (χ4n) is 4.15. The normalized spacial score (nSPS) is 28.0. The van der Waals surface area contributed by atoms with E-state index in [0.717, 1.165) is 43.1 Å². The minimum atomic E-state index is 0. The largest absolute Gasteiger partial charge is 0.474 e. The van der Waals surface area contributed by atoms with Gasteiger partial charge in [0.1, 0.15) is 6.10 Å². The predicted molar refractivity (Wildman–Crippen MR) is 112 cm³/mol. The van der Waals surface area contributed by atoms with Gasteiger partial charge in [0.05, 0.1) is 18.2 Å². The molecule has 3 aliphatic rings. The average molecular weight is 472 g/mol. The molecule has 2 saturated heterocycles. The van der Waals surface area contributed by atoms with Crippen LogP contribution in [0, 0.1) is 0 Å². The molecule has 2 N–H and O–H groups in total. The van der Waals surface area contributed by atoms with Gasteiger partial charge in [-0.1, -0.05) is 0 Å². The van der Waals surface area contributed by atoms with Crippen LogP contribution in [0.1, 0.15) is 50.5 Å². The van der Waals surface area contributed by atoms with Crippen molar-refractivity contribution in [2.75, 3.05) is 7.05 Å². The molecule has 3 atom stereocenters. The van der Waals surface area contributed by atoms with Gasteiger partial charge < -0.3 is 20.1 Å². The van der Waals surface area contributed by atoms with Crippen molar-refractivity contribution in [2.24, 2.45) is 4.99 Å². The van der Waals surface area contributed by atoms with Crippen molar-refractivity contribution in [2.45, 2.75) is 75.8 Å². The Kier molecular flexibility index (Phi) is 6.97. The van der Waals surface area contributed by atoms with Crippen LogP contribution in [0.3, 0.4) is 0 Å². The summed E-state index contributed by atoms with van der Waals surface area (Å²) in [7, 11) is 1.81. The van der Waals surface area contributed by atoms with E-state index in [0.29, 0.717) is 30.9 Å². The maximum atomic E-state index is 5.99. The van der Waals surface area contributed by atoms with Crippen LogP contribution in [0.15, 0.2) is 23.3 Å². The number of nitrogens with one attached hydrogen (secondary N) is 2. The van der Waals surface area contributed by atoms with E-state index in [1.165, 1.54) is 19.3 Å². The number of halogens is 1. The Balaban J connectivity index is 0.00000196. The van der Waals surface area contributed by atoms with Crippen molar-refractivity contribution < 1.29 is 9.47 Å². The minimum absolute atomic E-state index is 0. The highest BCUT2D eigenvalue weighted by molar-refractivity contribution is 14.0. The van der Waals surface area contributed by atoms with Gasteiger partial charge in [-0.15, -0.1) is 24.0 Å². The summed E-state index contributed by atoms with van der Waals surface area (Å²) in [5.74, 6) is 1.56. The molecule has 1 aromatic heterocycles. The van der Waals surface area contributed by atoms with Crippen LogP contribution >= 0.6 is 24.0 Å². The van der Waals surface area contributed by atoms with E-state index in [-0.39, 0.29) is 24.0 Å². The molecule has 1 aliphatic carbocycles. The SMILES string of the molecule is CN=C(NCc1ccnc(OC2CCCC2)c1)NC1CC2CCC1O2.I. The van der Waals surface area contributed by atoms with Crippen molar-refractivity contribution in [3.05, 3.63) is 23.9 Å². The summed E-state index contributed by atoms with van der Waals surface area (Å²) in [5, 5.41) is 6.90. The van der Waals surface area contributed by atoms with Crippen LogP contribution < -0.4 is 15.4 Å². The van der Waals surface area contributed by atoms with Gasteiger partial charge >= 0.3 is 0 Å². The van der Waals surface area contributed by atoms with Crippen molar-refractivity contribution in [1.29, 1.82) is 0 Å². The molecule has 6 nitrogen and oxygen atoms in total. The predicted octanol–water partition coefficient (Wildman–Crippen LogP) is 3.01. The van der Waals surface area contributed by atoms with Crippen molar-refractivity contribution in [3.8, 4) is 5.88 Å². The summed E-state index contributed by atoms with van der Waals surface area (Å²) in [6.07, 6.45) is 11.2. The van der Waals surface area contributed by atoms with Crippen molar-refractivity contribution >= 4 is 29.9 Å². The molecule has 0 amide bonds. The standard InChI is InChI=1S/C19H28N4O2.HI/c1-20-19(23-16-11-15-6-7-17(16)24-15)22-12-13-8-9-21-18(10-13)25-14-4-2-3-5-14;/h8-10,14-17H,2-7,11-12H2,1H3,(H2,20,22,23);1H. The Morgan fingerprint density at radius 1 is 1.31 bits per heavy atom. The first-order valence-corrected chi connectivity index (χ1v) is 9.54. The first-order valence-electron chi connectivity index (χ1n) is 9.54. The summed E-state index contributed by atoms with van der Waals surface area (Å²) < 4.78 is 11.9. The number of aliphatic imine (C=N–C) groups is 1. The molecule has 3 fully saturated rings. The highest BCUT2D eigenvalue weighted by Crippen LogP contribution is 2.34. The minimum Gasteiger partial charge on any atom is -0.474 e. The van der Waals surface area contributed by atoms with E-state index >= 15 is 0 Å². The topological polar surface area (TPSA) is 67.8 Å². The monoisotopic (exact) mass is 472 g/mol. The fraction of sp³-hybridized carbons (Fsp3) is 0.684. The van der Waals surface area contributed by atoms with Gasteiger partial charge in [0.25, 0.3) is 0 Å². The van der Waals surface area contributed by atoms with Crippen LogP contribution in [-0.2, 0) is 11.3 Å². The quantitative estimate of drug-likeness (QED) is 0.392. The Bertz CT molecular complexity index is 621. The molecule has 3 unspecified atom stereocenters. The van der Waals surface area contributed by atoms with Crippen LogP contribution in [-0.4, -0.2) is 42.3 Å². The molecular weight excluding hydrogens is 443 g/mol. The molecule has 2 bridgehead atoms. The average Bonchev–Trinajstić information content (AvgIpc) is 3.37. The summed E-state index contributed by atoms with van der Waals surface area (Å²) >= 11 is 0. The third kappa shape index (κ3) is 4.79. The smallest absolute Gasteiger partial charge is 0.213 e. The fourth-order valence-corrected chi connectivity index (χ4v) is 4.15. The van der Waals surface area contributed by atoms with E-state index in [2.05, 4.69) is 20.6 Å². The second-order valence-electron chi connectivity index (χ2n) is 7.31. The number of ether oxygens (including phenoxy) is 2. The lowest BCUT2D eigenvalue weighted by Crippen LogP contribution is -2.47. The zero-order valence-corrected chi connectivity index (χ0v) is 17.6. The summed E-state index contributed by atoms with van der Waals surface area (Å²) in [5.41, 5.74) is 1.15. The van der Waals surface area contributed by atoms with Gasteiger partial charge in [0.2, 0.25) is 5.88 Å². The maximum absolute atomic E-state index is 5.99. The lowest BCUT2D eigenvalue weighted by Gasteiger charge is -2.22. The molecular formula is C19H29IN4O2. The second kappa shape index (κ2) is 9.21. The van der Waals surface area contributed by atoms with E-state index in [1.807, 2.05) is 25.4 Å². The zero-order chi connectivity index (χ0) is 17.1. The van der Waals surface area contributed by atoms with Gasteiger partial charge in [-0.05, 0) is 56.6 Å². The Labute approximate surface area is 172 Å².